The summed E-state index contributed by atoms with van der Waals surface area (Å²) >= 11 is 10.4. The lowest BCUT2D eigenvalue weighted by Gasteiger charge is -2.05. The molecule has 0 spiro atoms. The highest BCUT2D eigenvalue weighted by molar-refractivity contribution is 8.03. The van der Waals surface area contributed by atoms with E-state index in [1.165, 1.54) is 28.7 Å². The van der Waals surface area contributed by atoms with Gasteiger partial charge in [-0.15, -0.1) is 10.2 Å². The Balaban J connectivity index is 1.20. The second kappa shape index (κ2) is 9.71. The fraction of sp³-hybridized carbons (Fsp3) is 0.211. The number of hydrogen-bond donors (Lipinski definition) is 1. The number of halogens is 1. The average Bonchev–Trinajstić information content (AvgIpc) is 3.39. The van der Waals surface area contributed by atoms with E-state index in [1.54, 1.807) is 11.8 Å². The highest BCUT2D eigenvalue weighted by atomic mass is 35.5. The monoisotopic (exact) mass is 465 g/mol. The van der Waals surface area contributed by atoms with E-state index in [-0.39, 0.29) is 12.7 Å². The minimum Gasteiger partial charge on any atom is -0.454 e. The van der Waals surface area contributed by atoms with E-state index in [9.17, 15) is 4.79 Å². The van der Waals surface area contributed by atoms with Gasteiger partial charge in [-0.2, -0.15) is 0 Å². The molecule has 0 fully saturated rings. The summed E-state index contributed by atoms with van der Waals surface area (Å²) in [4.78, 5) is 12.1. The number of benzene rings is 2. The van der Waals surface area contributed by atoms with Crippen LogP contribution in [0.15, 0.2) is 51.1 Å². The molecule has 29 heavy (non-hydrogen) atoms. The van der Waals surface area contributed by atoms with Gasteiger partial charge in [-0.1, -0.05) is 64.7 Å². The maximum Gasteiger partial charge on any atom is 0.231 e. The van der Waals surface area contributed by atoms with Crippen molar-refractivity contribution in [3.63, 3.8) is 0 Å². The summed E-state index contributed by atoms with van der Waals surface area (Å²) in [5.41, 5.74) is 2.14. The molecule has 0 aliphatic carbocycles. The number of carbonyl (C=O) groups is 1. The number of hydrogen-bond acceptors (Lipinski definition) is 8. The molecule has 0 unspecified atom stereocenters. The number of amides is 1. The molecule has 2 heterocycles. The Morgan fingerprint density at radius 3 is 2.59 bits per heavy atom. The van der Waals surface area contributed by atoms with Gasteiger partial charge in [0.05, 0.1) is 5.75 Å². The zero-order chi connectivity index (χ0) is 20.1. The highest BCUT2D eigenvalue weighted by Crippen LogP contribution is 2.33. The summed E-state index contributed by atoms with van der Waals surface area (Å²) < 4.78 is 12.3. The first-order valence-electron chi connectivity index (χ1n) is 8.64. The summed E-state index contributed by atoms with van der Waals surface area (Å²) in [5, 5.41) is 12.0. The maximum atomic E-state index is 12.1. The molecule has 0 radical (unpaired) electrons. The molecular weight excluding hydrogens is 450 g/mol. The van der Waals surface area contributed by atoms with Crippen LogP contribution in [-0.4, -0.2) is 28.7 Å². The number of ether oxygens (including phenoxy) is 2. The molecular formula is C19H16ClN3O3S3. The van der Waals surface area contributed by atoms with Gasteiger partial charge >= 0.3 is 0 Å². The van der Waals surface area contributed by atoms with Crippen molar-refractivity contribution in [3.05, 3.63) is 58.6 Å². The largest absolute Gasteiger partial charge is 0.454 e. The third-order valence-electron chi connectivity index (χ3n) is 3.92. The molecule has 3 aromatic rings. The minimum atomic E-state index is -0.0572. The Morgan fingerprint density at radius 2 is 1.76 bits per heavy atom. The van der Waals surface area contributed by atoms with Crippen molar-refractivity contribution in [2.24, 2.45) is 0 Å². The lowest BCUT2D eigenvalue weighted by atomic mass is 10.2. The summed E-state index contributed by atoms with van der Waals surface area (Å²) in [6.07, 6.45) is 0. The highest BCUT2D eigenvalue weighted by Gasteiger charge is 2.14. The van der Waals surface area contributed by atoms with E-state index in [0.29, 0.717) is 18.0 Å². The van der Waals surface area contributed by atoms with E-state index >= 15 is 0 Å². The maximum absolute atomic E-state index is 12.1. The molecule has 0 saturated heterocycles. The molecule has 0 bridgehead atoms. The third-order valence-corrected chi connectivity index (χ3v) is 7.43. The normalized spacial score (nSPS) is 12.2. The quantitative estimate of drug-likeness (QED) is 0.486. The van der Waals surface area contributed by atoms with E-state index in [4.69, 9.17) is 21.1 Å². The van der Waals surface area contributed by atoms with Crippen molar-refractivity contribution in [1.29, 1.82) is 0 Å². The van der Waals surface area contributed by atoms with E-state index in [1.807, 2.05) is 42.5 Å². The lowest BCUT2D eigenvalue weighted by Crippen LogP contribution is -2.24. The first-order chi connectivity index (χ1) is 14.2. The van der Waals surface area contributed by atoms with Crippen LogP contribution >= 0.6 is 46.5 Å². The van der Waals surface area contributed by atoms with Crippen LogP contribution in [0.4, 0.5) is 0 Å². The van der Waals surface area contributed by atoms with Gasteiger partial charge in [-0.25, -0.2) is 0 Å². The standard InChI is InChI=1S/C19H16ClN3O3S3/c20-14-4-1-12(2-5-14)9-27-18-22-23-19(29-18)28-10-17(24)21-8-13-3-6-15-16(7-13)26-11-25-15/h1-7H,8-11H2,(H,21,24). The van der Waals surface area contributed by atoms with Gasteiger partial charge in [-0.3, -0.25) is 4.79 Å². The molecule has 1 aliphatic heterocycles. The number of aromatic nitrogens is 2. The van der Waals surface area contributed by atoms with Gasteiger partial charge in [0, 0.05) is 17.3 Å². The fourth-order valence-electron chi connectivity index (χ4n) is 2.47. The first-order valence-corrected chi connectivity index (χ1v) is 11.8. The number of carbonyl (C=O) groups excluding carboxylic acids is 1. The summed E-state index contributed by atoms with van der Waals surface area (Å²) in [5.74, 6) is 2.48. The first kappa shape index (κ1) is 20.3. The predicted octanol–water partition coefficient (Wildman–Crippen LogP) is 4.62. The van der Waals surface area contributed by atoms with Crippen molar-refractivity contribution in [1.82, 2.24) is 15.5 Å². The van der Waals surface area contributed by atoms with Crippen LogP contribution in [0.1, 0.15) is 11.1 Å². The average molecular weight is 466 g/mol. The molecule has 1 amide bonds. The third kappa shape index (κ3) is 5.79. The number of rotatable bonds is 8. The molecule has 1 aliphatic rings. The van der Waals surface area contributed by atoms with Crippen LogP contribution in [0.2, 0.25) is 5.02 Å². The lowest BCUT2D eigenvalue weighted by molar-refractivity contribution is -0.118. The zero-order valence-corrected chi connectivity index (χ0v) is 18.3. The molecule has 0 saturated carbocycles. The second-order valence-electron chi connectivity index (χ2n) is 6.00. The summed E-state index contributed by atoms with van der Waals surface area (Å²) in [6.45, 7) is 0.679. The van der Waals surface area contributed by atoms with Crippen molar-refractivity contribution in [3.8, 4) is 11.5 Å². The summed E-state index contributed by atoms with van der Waals surface area (Å²) in [6, 6.07) is 13.4. The van der Waals surface area contributed by atoms with Crippen LogP contribution < -0.4 is 14.8 Å². The van der Waals surface area contributed by atoms with Crippen LogP contribution in [0.5, 0.6) is 11.5 Å². The smallest absolute Gasteiger partial charge is 0.231 e. The Bertz CT molecular complexity index is 998. The van der Waals surface area contributed by atoms with E-state index in [0.717, 1.165) is 30.8 Å². The van der Waals surface area contributed by atoms with Crippen molar-refractivity contribution in [2.75, 3.05) is 12.5 Å². The fourth-order valence-corrected chi connectivity index (χ4v) is 5.40. The van der Waals surface area contributed by atoms with E-state index in [2.05, 4.69) is 15.5 Å². The molecule has 150 valence electrons. The number of thioether (sulfide) groups is 2. The molecule has 0 atom stereocenters. The van der Waals surface area contributed by atoms with Crippen LogP contribution in [0.3, 0.4) is 0 Å². The second-order valence-corrected chi connectivity index (χ2v) is 9.86. The van der Waals surface area contributed by atoms with Gasteiger partial charge in [0.1, 0.15) is 0 Å². The van der Waals surface area contributed by atoms with Crippen LogP contribution in [-0.2, 0) is 17.1 Å². The topological polar surface area (TPSA) is 73.3 Å². The summed E-state index contributed by atoms with van der Waals surface area (Å²) in [7, 11) is 0. The molecule has 6 nitrogen and oxygen atoms in total. The Kier molecular flexibility index (Phi) is 6.81. The Hall–Kier alpha value is -1.94. The van der Waals surface area contributed by atoms with Gasteiger partial charge < -0.3 is 14.8 Å². The molecule has 2 aromatic carbocycles. The van der Waals surface area contributed by atoms with Gasteiger partial charge in [0.2, 0.25) is 12.7 Å². The Labute approximate surface area is 185 Å². The van der Waals surface area contributed by atoms with Crippen molar-refractivity contribution in [2.45, 2.75) is 21.0 Å². The van der Waals surface area contributed by atoms with Gasteiger partial charge in [0.25, 0.3) is 0 Å². The van der Waals surface area contributed by atoms with Crippen LogP contribution in [0, 0.1) is 0 Å². The van der Waals surface area contributed by atoms with Crippen LogP contribution in [0.25, 0.3) is 0 Å². The molecule has 10 heteroatoms. The number of fused-ring (bicyclic) bond motifs is 1. The predicted molar refractivity (Wildman–Crippen MR) is 116 cm³/mol. The SMILES string of the molecule is O=C(CSc1nnc(SCc2ccc(Cl)cc2)s1)NCc1ccc2c(c1)OCO2. The Morgan fingerprint density at radius 1 is 1.03 bits per heavy atom. The van der Waals surface area contributed by atoms with Gasteiger partial charge in [0.15, 0.2) is 20.2 Å². The molecule has 1 N–H and O–H groups in total. The minimum absolute atomic E-state index is 0.0572. The van der Waals surface area contributed by atoms with Crippen molar-refractivity contribution >= 4 is 52.4 Å². The number of nitrogens with one attached hydrogen (secondary N) is 1. The zero-order valence-electron chi connectivity index (χ0n) is 15.1. The number of nitrogens with zero attached hydrogens (tertiary/aromatic N) is 2. The van der Waals surface area contributed by atoms with E-state index < -0.39 is 0 Å². The van der Waals surface area contributed by atoms with Crippen molar-refractivity contribution < 1.29 is 14.3 Å². The molecule has 4 rings (SSSR count). The van der Waals surface area contributed by atoms with Gasteiger partial charge in [-0.05, 0) is 35.4 Å². The molecule has 1 aromatic heterocycles.